The molecule has 0 saturated heterocycles. The van der Waals surface area contributed by atoms with Gasteiger partial charge in [-0.2, -0.15) is 27.8 Å². The lowest BCUT2D eigenvalue weighted by molar-refractivity contribution is -0.140. The molecule has 1 unspecified atom stereocenters. The van der Waals surface area contributed by atoms with Gasteiger partial charge in [0.15, 0.2) is 0 Å². The fourth-order valence-corrected chi connectivity index (χ4v) is 3.44. The number of halogens is 4. The third-order valence-electron chi connectivity index (χ3n) is 4.85. The van der Waals surface area contributed by atoms with Crippen molar-refractivity contribution in [3.05, 3.63) is 53.2 Å². The van der Waals surface area contributed by atoms with E-state index >= 15 is 0 Å². The molecular weight excluding hydrogens is 456 g/mol. The number of nitrogens with one attached hydrogen (secondary N) is 2. The molecule has 0 spiro atoms. The van der Waals surface area contributed by atoms with Crippen LogP contribution in [0, 0.1) is 12.7 Å². The summed E-state index contributed by atoms with van der Waals surface area (Å²) < 4.78 is 60.6. The van der Waals surface area contributed by atoms with Crippen molar-refractivity contribution < 1.29 is 27.1 Å². The number of aryl methyl sites for hydroxylation is 1. The number of benzene rings is 1. The Bertz CT molecular complexity index is 1200. The van der Waals surface area contributed by atoms with Gasteiger partial charge in [-0.1, -0.05) is 6.07 Å². The van der Waals surface area contributed by atoms with Crippen molar-refractivity contribution in [1.29, 1.82) is 0 Å². The Morgan fingerprint density at radius 2 is 1.79 bits per heavy atom. The summed E-state index contributed by atoms with van der Waals surface area (Å²) in [6.45, 7) is 10.1. The molecule has 1 amide bonds. The van der Waals surface area contributed by atoms with Gasteiger partial charge in [-0.3, -0.25) is 0 Å². The number of carbonyl (C=O) groups is 1. The molecule has 0 saturated carbocycles. The van der Waals surface area contributed by atoms with E-state index in [4.69, 9.17) is 4.74 Å². The third kappa shape index (κ3) is 5.72. The van der Waals surface area contributed by atoms with Gasteiger partial charge in [-0.25, -0.2) is 14.2 Å². The van der Waals surface area contributed by atoms with E-state index in [0.29, 0.717) is 17.6 Å². The van der Waals surface area contributed by atoms with E-state index in [1.807, 2.05) is 0 Å². The summed E-state index contributed by atoms with van der Waals surface area (Å²) in [6.07, 6.45) is -4.29. The molecule has 0 bridgehead atoms. The summed E-state index contributed by atoms with van der Waals surface area (Å²) >= 11 is 0. The smallest absolute Gasteiger partial charge is 0.419 e. The van der Waals surface area contributed by atoms with Crippen LogP contribution in [0.3, 0.4) is 0 Å². The Labute approximate surface area is 193 Å². The Kier molecular flexibility index (Phi) is 6.47. The first-order valence-corrected chi connectivity index (χ1v) is 10.4. The number of fused-ring (bicyclic) bond motifs is 1. The Morgan fingerprint density at radius 1 is 1.12 bits per heavy atom. The maximum atomic E-state index is 14.5. The van der Waals surface area contributed by atoms with Crippen LogP contribution in [0.1, 0.15) is 57.5 Å². The summed E-state index contributed by atoms with van der Waals surface area (Å²) in [6, 6.07) is 3.37. The van der Waals surface area contributed by atoms with Gasteiger partial charge in [0.25, 0.3) is 5.78 Å². The number of ether oxygens (including phenoxy) is 1. The monoisotopic (exact) mass is 482 g/mol. The molecule has 34 heavy (non-hydrogen) atoms. The summed E-state index contributed by atoms with van der Waals surface area (Å²) in [7, 11) is 0. The number of alkyl carbamates (subject to hydrolysis) is 1. The molecule has 3 aromatic rings. The van der Waals surface area contributed by atoms with Crippen LogP contribution < -0.4 is 10.6 Å². The Balaban J connectivity index is 2.07. The molecule has 2 aromatic heterocycles. The number of carbonyl (C=O) groups excluding carboxylic acids is 1. The fraction of sp³-hybridized carbons (Fsp3) is 0.455. The molecule has 184 valence electrons. The minimum absolute atomic E-state index is 0.161. The normalized spacial score (nSPS) is 13.6. The first kappa shape index (κ1) is 25.2. The number of amides is 1. The van der Waals surface area contributed by atoms with Crippen LogP contribution in [0.2, 0.25) is 0 Å². The van der Waals surface area contributed by atoms with Gasteiger partial charge in [0, 0.05) is 11.8 Å². The molecule has 3 rings (SSSR count). The lowest BCUT2D eigenvalue weighted by Gasteiger charge is -2.37. The predicted molar refractivity (Wildman–Crippen MR) is 117 cm³/mol. The molecule has 0 radical (unpaired) electrons. The van der Waals surface area contributed by atoms with Crippen LogP contribution in [0.4, 0.5) is 28.2 Å². The molecule has 0 fully saturated rings. The fourth-order valence-electron chi connectivity index (χ4n) is 3.44. The van der Waals surface area contributed by atoms with Gasteiger partial charge >= 0.3 is 12.3 Å². The highest BCUT2D eigenvalue weighted by Gasteiger charge is 2.38. The number of alkyl halides is 3. The van der Waals surface area contributed by atoms with Gasteiger partial charge in [0.1, 0.15) is 23.6 Å². The van der Waals surface area contributed by atoms with E-state index in [9.17, 15) is 22.4 Å². The van der Waals surface area contributed by atoms with E-state index in [2.05, 4.69) is 25.7 Å². The first-order chi connectivity index (χ1) is 15.6. The highest BCUT2D eigenvalue weighted by atomic mass is 19.4. The van der Waals surface area contributed by atoms with Crippen molar-refractivity contribution in [2.24, 2.45) is 0 Å². The average molecular weight is 482 g/mol. The quantitative estimate of drug-likeness (QED) is 0.495. The minimum atomic E-state index is -4.84. The molecule has 0 aliphatic heterocycles. The zero-order chi connectivity index (χ0) is 25.5. The van der Waals surface area contributed by atoms with Gasteiger partial charge in [-0.15, -0.1) is 0 Å². The van der Waals surface area contributed by atoms with E-state index < -0.39 is 40.8 Å². The second kappa shape index (κ2) is 8.73. The second-order valence-corrected chi connectivity index (χ2v) is 9.42. The van der Waals surface area contributed by atoms with Crippen LogP contribution in [0.15, 0.2) is 30.6 Å². The van der Waals surface area contributed by atoms with Crippen molar-refractivity contribution in [2.45, 2.75) is 64.9 Å². The van der Waals surface area contributed by atoms with Crippen LogP contribution >= 0.6 is 0 Å². The first-order valence-electron chi connectivity index (χ1n) is 10.4. The number of nitrogens with zero attached hydrogens (tertiary/aromatic N) is 4. The molecule has 8 nitrogen and oxygen atoms in total. The van der Waals surface area contributed by atoms with Crippen LogP contribution in [0.5, 0.6) is 0 Å². The molecule has 0 aliphatic rings. The summed E-state index contributed by atoms with van der Waals surface area (Å²) in [4.78, 5) is 20.8. The molecule has 2 heterocycles. The maximum Gasteiger partial charge on any atom is 0.419 e. The summed E-state index contributed by atoms with van der Waals surface area (Å²) in [5.41, 5.74) is -2.57. The average Bonchev–Trinajstić information content (AvgIpc) is 3.10. The molecule has 1 aromatic carbocycles. The van der Waals surface area contributed by atoms with E-state index in [1.54, 1.807) is 47.6 Å². The maximum absolute atomic E-state index is 14.5. The molecular formula is C22H26F4N6O2. The van der Waals surface area contributed by atoms with E-state index in [0.717, 1.165) is 12.1 Å². The molecule has 0 aliphatic carbocycles. The van der Waals surface area contributed by atoms with Crippen LogP contribution in [0.25, 0.3) is 5.78 Å². The summed E-state index contributed by atoms with van der Waals surface area (Å²) in [5.74, 6) is -0.746. The van der Waals surface area contributed by atoms with E-state index in [-0.39, 0.29) is 11.3 Å². The molecule has 12 heteroatoms. The van der Waals surface area contributed by atoms with Crippen molar-refractivity contribution in [3.8, 4) is 0 Å². The number of anilines is 1. The van der Waals surface area contributed by atoms with Crippen LogP contribution in [-0.4, -0.2) is 36.8 Å². The number of hydrogen-bond donors (Lipinski definition) is 2. The third-order valence-corrected chi connectivity index (χ3v) is 4.85. The molecule has 2 N–H and O–H groups in total. The lowest BCUT2D eigenvalue weighted by atomic mass is 9.88. The standard InChI is InChI=1S/C22H26F4N6O2/c1-12-9-16(32-18(29-12)27-11-28-32)30-17(21(5,6)31-19(33)34-20(2,3)4)13-7-8-14(15(23)10-13)22(24,25)26/h7-11,17,30H,1-6H3,(H,31,33). The molecule has 1 atom stereocenters. The minimum Gasteiger partial charge on any atom is -0.444 e. The van der Waals surface area contributed by atoms with Gasteiger partial charge in [-0.05, 0) is 59.2 Å². The second-order valence-electron chi connectivity index (χ2n) is 9.42. The topological polar surface area (TPSA) is 93.4 Å². The SMILES string of the molecule is Cc1cc(NC(c2ccc(C(F)(F)F)c(F)c2)C(C)(C)NC(=O)OC(C)(C)C)n2ncnc2n1. The lowest BCUT2D eigenvalue weighted by Crippen LogP contribution is -2.51. The van der Waals surface area contributed by atoms with Gasteiger partial charge in [0.2, 0.25) is 0 Å². The van der Waals surface area contributed by atoms with Crippen LogP contribution in [-0.2, 0) is 10.9 Å². The summed E-state index contributed by atoms with van der Waals surface area (Å²) in [5, 5.41) is 9.99. The van der Waals surface area contributed by atoms with Crippen molar-refractivity contribution in [2.75, 3.05) is 5.32 Å². The Hall–Kier alpha value is -3.44. The van der Waals surface area contributed by atoms with Crippen molar-refractivity contribution in [1.82, 2.24) is 24.9 Å². The number of aromatic nitrogens is 4. The van der Waals surface area contributed by atoms with E-state index in [1.165, 1.54) is 10.8 Å². The number of hydrogen-bond acceptors (Lipinski definition) is 6. The largest absolute Gasteiger partial charge is 0.444 e. The number of rotatable bonds is 5. The van der Waals surface area contributed by atoms with Gasteiger partial charge in [0.05, 0.1) is 17.1 Å². The predicted octanol–water partition coefficient (Wildman–Crippen LogP) is 5.05. The highest BCUT2D eigenvalue weighted by Crippen LogP contribution is 2.36. The van der Waals surface area contributed by atoms with Crippen molar-refractivity contribution >= 4 is 17.7 Å². The van der Waals surface area contributed by atoms with Crippen molar-refractivity contribution in [3.63, 3.8) is 0 Å². The Morgan fingerprint density at radius 3 is 2.38 bits per heavy atom. The zero-order valence-corrected chi connectivity index (χ0v) is 19.6. The van der Waals surface area contributed by atoms with Gasteiger partial charge < -0.3 is 15.4 Å². The highest BCUT2D eigenvalue weighted by molar-refractivity contribution is 5.69. The zero-order valence-electron chi connectivity index (χ0n) is 19.6.